The average molecular weight is 359 g/mol. The number of fused-ring (bicyclic) bond motifs is 1. The van der Waals surface area contributed by atoms with E-state index in [4.69, 9.17) is 4.74 Å². The molecule has 0 fully saturated rings. The molecule has 3 rings (SSSR count). The standard InChI is InChI=1S/C19H21NO4S/c1-24-19(21)18(15-8-3-2-4-9-15)20-25(22,23)17-12-11-14-7-5-6-10-16(14)13-17/h2-4,8-9,11-13,18,20H,5-7,10H2,1H3. The number of ether oxygens (including phenoxy) is 1. The first-order valence-corrected chi connectivity index (χ1v) is 9.76. The van der Waals surface area contributed by atoms with Crippen molar-refractivity contribution in [2.75, 3.05) is 7.11 Å². The molecule has 6 heteroatoms. The van der Waals surface area contributed by atoms with Crippen molar-refractivity contribution in [3.63, 3.8) is 0 Å². The van der Waals surface area contributed by atoms with Crippen LogP contribution in [0.25, 0.3) is 0 Å². The molecule has 0 saturated heterocycles. The average Bonchev–Trinajstić information content (AvgIpc) is 2.66. The molecule has 5 nitrogen and oxygen atoms in total. The molecule has 1 N–H and O–H groups in total. The first-order valence-electron chi connectivity index (χ1n) is 8.28. The zero-order valence-corrected chi connectivity index (χ0v) is 14.9. The van der Waals surface area contributed by atoms with Crippen LogP contribution in [-0.4, -0.2) is 21.5 Å². The fourth-order valence-corrected chi connectivity index (χ4v) is 4.34. The Morgan fingerprint density at radius 1 is 1.04 bits per heavy atom. The van der Waals surface area contributed by atoms with Gasteiger partial charge in [0.05, 0.1) is 12.0 Å². The van der Waals surface area contributed by atoms with Crippen LogP contribution in [0.1, 0.15) is 35.6 Å². The highest BCUT2D eigenvalue weighted by Crippen LogP contribution is 2.25. The molecule has 0 aliphatic heterocycles. The molecule has 132 valence electrons. The Kier molecular flexibility index (Phi) is 5.20. The molecule has 0 amide bonds. The maximum absolute atomic E-state index is 12.8. The van der Waals surface area contributed by atoms with Gasteiger partial charge in [-0.2, -0.15) is 4.72 Å². The third-order valence-electron chi connectivity index (χ3n) is 4.47. The number of sulfonamides is 1. The normalized spacial score (nSPS) is 15.2. The van der Waals surface area contributed by atoms with Crippen molar-refractivity contribution in [1.82, 2.24) is 4.72 Å². The predicted molar refractivity (Wildman–Crippen MR) is 94.6 cm³/mol. The van der Waals surface area contributed by atoms with Crippen LogP contribution in [-0.2, 0) is 32.4 Å². The van der Waals surface area contributed by atoms with E-state index in [9.17, 15) is 13.2 Å². The number of aryl methyl sites for hydroxylation is 2. The van der Waals surface area contributed by atoms with Gasteiger partial charge in [-0.05, 0) is 54.5 Å². The minimum Gasteiger partial charge on any atom is -0.468 e. The van der Waals surface area contributed by atoms with E-state index in [1.54, 1.807) is 42.5 Å². The number of carbonyl (C=O) groups is 1. The monoisotopic (exact) mass is 359 g/mol. The minimum absolute atomic E-state index is 0.179. The topological polar surface area (TPSA) is 72.5 Å². The van der Waals surface area contributed by atoms with E-state index in [-0.39, 0.29) is 4.90 Å². The zero-order chi connectivity index (χ0) is 17.9. The van der Waals surface area contributed by atoms with Gasteiger partial charge >= 0.3 is 5.97 Å². The molecule has 0 heterocycles. The number of rotatable bonds is 5. The fourth-order valence-electron chi connectivity index (χ4n) is 3.12. The molecule has 2 aromatic rings. The van der Waals surface area contributed by atoms with E-state index < -0.39 is 22.0 Å². The Labute approximate surface area is 148 Å². The maximum Gasteiger partial charge on any atom is 0.328 e. The van der Waals surface area contributed by atoms with Gasteiger partial charge < -0.3 is 4.74 Å². The van der Waals surface area contributed by atoms with Crippen LogP contribution in [0.15, 0.2) is 53.4 Å². The van der Waals surface area contributed by atoms with Crippen molar-refractivity contribution in [3.05, 3.63) is 65.2 Å². The number of hydrogen-bond donors (Lipinski definition) is 1. The summed E-state index contributed by atoms with van der Waals surface area (Å²) in [6, 6.07) is 12.8. The number of carbonyl (C=O) groups excluding carboxylic acids is 1. The summed E-state index contributed by atoms with van der Waals surface area (Å²) in [6.45, 7) is 0. The number of methoxy groups -OCH3 is 1. The second kappa shape index (κ2) is 7.37. The van der Waals surface area contributed by atoms with Crippen LogP contribution in [0.3, 0.4) is 0 Å². The van der Waals surface area contributed by atoms with Crippen molar-refractivity contribution in [2.45, 2.75) is 36.6 Å². The summed E-state index contributed by atoms with van der Waals surface area (Å²) >= 11 is 0. The van der Waals surface area contributed by atoms with Crippen LogP contribution in [0, 0.1) is 0 Å². The van der Waals surface area contributed by atoms with Crippen molar-refractivity contribution in [3.8, 4) is 0 Å². The molecule has 0 aromatic heterocycles. The Balaban J connectivity index is 1.92. The van der Waals surface area contributed by atoms with Crippen molar-refractivity contribution in [1.29, 1.82) is 0 Å². The lowest BCUT2D eigenvalue weighted by atomic mass is 9.92. The quantitative estimate of drug-likeness (QED) is 0.833. The lowest BCUT2D eigenvalue weighted by Gasteiger charge is -2.19. The van der Waals surface area contributed by atoms with E-state index in [1.807, 2.05) is 6.07 Å². The second-order valence-electron chi connectivity index (χ2n) is 6.13. The highest BCUT2D eigenvalue weighted by Gasteiger charge is 2.28. The maximum atomic E-state index is 12.8. The van der Waals surface area contributed by atoms with E-state index in [0.29, 0.717) is 5.56 Å². The Morgan fingerprint density at radius 3 is 2.40 bits per heavy atom. The molecule has 1 unspecified atom stereocenters. The Hall–Kier alpha value is -2.18. The lowest BCUT2D eigenvalue weighted by molar-refractivity contribution is -0.142. The van der Waals surface area contributed by atoms with E-state index >= 15 is 0 Å². The van der Waals surface area contributed by atoms with Gasteiger partial charge in [0.1, 0.15) is 6.04 Å². The van der Waals surface area contributed by atoms with E-state index in [2.05, 4.69) is 4.72 Å². The van der Waals surface area contributed by atoms with Gasteiger partial charge in [-0.15, -0.1) is 0 Å². The summed E-state index contributed by atoms with van der Waals surface area (Å²) in [6.07, 6.45) is 4.07. The molecule has 0 bridgehead atoms. The van der Waals surface area contributed by atoms with Gasteiger partial charge in [0, 0.05) is 0 Å². The van der Waals surface area contributed by atoms with Gasteiger partial charge in [0.25, 0.3) is 0 Å². The third-order valence-corrected chi connectivity index (χ3v) is 5.89. The molecule has 0 spiro atoms. The van der Waals surface area contributed by atoms with E-state index in [1.165, 1.54) is 12.7 Å². The van der Waals surface area contributed by atoms with E-state index in [0.717, 1.165) is 31.2 Å². The molecule has 25 heavy (non-hydrogen) atoms. The summed E-state index contributed by atoms with van der Waals surface area (Å²) in [5, 5.41) is 0. The number of benzene rings is 2. The van der Waals surface area contributed by atoms with Crippen LogP contribution >= 0.6 is 0 Å². The molecule has 0 saturated carbocycles. The SMILES string of the molecule is COC(=O)C(NS(=O)(=O)c1ccc2c(c1)CCCC2)c1ccccc1. The molecule has 1 atom stereocenters. The fraction of sp³-hybridized carbons (Fsp3) is 0.316. The van der Waals surface area contributed by atoms with Gasteiger partial charge in [0.15, 0.2) is 0 Å². The number of esters is 1. The highest BCUT2D eigenvalue weighted by atomic mass is 32.2. The summed E-state index contributed by atoms with van der Waals surface area (Å²) in [5.41, 5.74) is 2.82. The third kappa shape index (κ3) is 3.91. The predicted octanol–water partition coefficient (Wildman–Crippen LogP) is 2.76. The highest BCUT2D eigenvalue weighted by molar-refractivity contribution is 7.89. The first kappa shape index (κ1) is 17.6. The molecule has 0 radical (unpaired) electrons. The van der Waals surface area contributed by atoms with Gasteiger partial charge in [-0.1, -0.05) is 36.4 Å². The van der Waals surface area contributed by atoms with Crippen molar-refractivity contribution in [2.24, 2.45) is 0 Å². The zero-order valence-electron chi connectivity index (χ0n) is 14.1. The smallest absolute Gasteiger partial charge is 0.328 e. The van der Waals surface area contributed by atoms with Crippen LogP contribution < -0.4 is 4.72 Å². The summed E-state index contributed by atoms with van der Waals surface area (Å²) in [7, 11) is -2.61. The van der Waals surface area contributed by atoms with Crippen LogP contribution in [0.5, 0.6) is 0 Å². The molecular formula is C19H21NO4S. The molecular weight excluding hydrogens is 338 g/mol. The van der Waals surface area contributed by atoms with Crippen LogP contribution in [0.4, 0.5) is 0 Å². The number of nitrogens with one attached hydrogen (secondary N) is 1. The molecule has 1 aliphatic carbocycles. The van der Waals surface area contributed by atoms with Gasteiger partial charge in [-0.25, -0.2) is 13.2 Å². The second-order valence-corrected chi connectivity index (χ2v) is 7.84. The minimum atomic E-state index is -3.85. The van der Waals surface area contributed by atoms with Crippen molar-refractivity contribution < 1.29 is 17.9 Å². The van der Waals surface area contributed by atoms with Crippen LogP contribution in [0.2, 0.25) is 0 Å². The molecule has 1 aliphatic rings. The van der Waals surface area contributed by atoms with Crippen molar-refractivity contribution >= 4 is 16.0 Å². The largest absolute Gasteiger partial charge is 0.468 e. The van der Waals surface area contributed by atoms with Gasteiger partial charge in [-0.3, -0.25) is 0 Å². The summed E-state index contributed by atoms with van der Waals surface area (Å²) in [4.78, 5) is 12.3. The Morgan fingerprint density at radius 2 is 1.72 bits per heavy atom. The molecule has 2 aromatic carbocycles. The number of hydrogen-bond acceptors (Lipinski definition) is 4. The summed E-state index contributed by atoms with van der Waals surface area (Å²) in [5.74, 6) is -0.646. The van der Waals surface area contributed by atoms with Gasteiger partial charge in [0.2, 0.25) is 10.0 Å². The Bertz CT molecular complexity index is 862. The lowest BCUT2D eigenvalue weighted by Crippen LogP contribution is -2.34. The first-order chi connectivity index (χ1) is 12.0. The summed E-state index contributed by atoms with van der Waals surface area (Å²) < 4.78 is 32.9.